The van der Waals surface area contributed by atoms with Crippen LogP contribution in [0, 0.1) is 0 Å². The zero-order chi connectivity index (χ0) is 24.3. The van der Waals surface area contributed by atoms with Gasteiger partial charge in [0.15, 0.2) is 6.10 Å². The van der Waals surface area contributed by atoms with E-state index >= 15 is 0 Å². The van der Waals surface area contributed by atoms with Crippen LogP contribution < -0.4 is 4.74 Å². The van der Waals surface area contributed by atoms with Gasteiger partial charge in [0.25, 0.3) is 0 Å². The van der Waals surface area contributed by atoms with E-state index in [-0.39, 0.29) is 16.4 Å². The van der Waals surface area contributed by atoms with Gasteiger partial charge < -0.3 is 9.47 Å². The predicted octanol–water partition coefficient (Wildman–Crippen LogP) is 5.36. The van der Waals surface area contributed by atoms with Gasteiger partial charge in [0.1, 0.15) is 5.75 Å². The van der Waals surface area contributed by atoms with E-state index in [4.69, 9.17) is 9.47 Å². The molecule has 2 rings (SSSR count). The molecule has 1 unspecified atom stereocenters. The highest BCUT2D eigenvalue weighted by Crippen LogP contribution is 2.26. The molecule has 0 aromatic heterocycles. The Hall–Kier alpha value is -2.94. The summed E-state index contributed by atoms with van der Waals surface area (Å²) in [7, 11) is -0.213. The molecule has 0 amide bonds. The van der Waals surface area contributed by atoms with Crippen LogP contribution in [-0.2, 0) is 19.4 Å². The molecule has 0 aliphatic carbocycles. The number of carbonyl (C=O) groups excluding carboxylic acids is 1. The van der Waals surface area contributed by atoms with Crippen LogP contribution in [0.5, 0.6) is 5.75 Å². The minimum atomic E-state index is -3.71. The Labute approximate surface area is 196 Å². The SMILES string of the molecule is CCCCCCC(Oc1ccc(S(=O)(=O)c2ccc(N=NN(C)C)cc2)cc1)C(=O)OCC. The third-order valence-electron chi connectivity index (χ3n) is 4.77. The molecular formula is C24H33N3O5S. The molecule has 0 saturated carbocycles. The summed E-state index contributed by atoms with van der Waals surface area (Å²) in [5.41, 5.74) is 0.551. The third kappa shape index (κ3) is 8.16. The van der Waals surface area contributed by atoms with Crippen LogP contribution in [0.2, 0.25) is 0 Å². The first-order chi connectivity index (χ1) is 15.8. The van der Waals surface area contributed by atoms with E-state index in [1.807, 2.05) is 0 Å². The molecule has 8 nitrogen and oxygen atoms in total. The number of unbranched alkanes of at least 4 members (excludes halogenated alkanes) is 3. The van der Waals surface area contributed by atoms with E-state index in [0.29, 0.717) is 17.9 Å². The molecule has 33 heavy (non-hydrogen) atoms. The molecule has 0 radical (unpaired) electrons. The number of benzene rings is 2. The molecule has 0 N–H and O–H groups in total. The molecule has 1 atom stereocenters. The zero-order valence-corrected chi connectivity index (χ0v) is 20.5. The van der Waals surface area contributed by atoms with Gasteiger partial charge in [0.2, 0.25) is 9.84 Å². The van der Waals surface area contributed by atoms with Gasteiger partial charge >= 0.3 is 5.97 Å². The lowest BCUT2D eigenvalue weighted by Gasteiger charge is -2.18. The fourth-order valence-electron chi connectivity index (χ4n) is 3.05. The minimum absolute atomic E-state index is 0.133. The largest absolute Gasteiger partial charge is 0.479 e. The molecule has 0 fully saturated rings. The van der Waals surface area contributed by atoms with Crippen molar-refractivity contribution in [2.45, 2.75) is 61.8 Å². The van der Waals surface area contributed by atoms with Crippen molar-refractivity contribution < 1.29 is 22.7 Å². The minimum Gasteiger partial charge on any atom is -0.479 e. The fourth-order valence-corrected chi connectivity index (χ4v) is 4.31. The van der Waals surface area contributed by atoms with Crippen molar-refractivity contribution in [3.63, 3.8) is 0 Å². The molecule has 2 aromatic rings. The van der Waals surface area contributed by atoms with Crippen molar-refractivity contribution in [1.82, 2.24) is 5.01 Å². The molecule has 2 aromatic carbocycles. The Morgan fingerprint density at radius 2 is 1.55 bits per heavy atom. The Morgan fingerprint density at radius 3 is 2.09 bits per heavy atom. The highest BCUT2D eigenvalue weighted by atomic mass is 32.2. The first-order valence-corrected chi connectivity index (χ1v) is 12.6. The average Bonchev–Trinajstić information content (AvgIpc) is 2.80. The average molecular weight is 476 g/mol. The topological polar surface area (TPSA) is 97.6 Å². The van der Waals surface area contributed by atoms with Gasteiger partial charge in [-0.3, -0.25) is 5.01 Å². The smallest absolute Gasteiger partial charge is 0.347 e. The lowest BCUT2D eigenvalue weighted by Crippen LogP contribution is -2.29. The second-order valence-corrected chi connectivity index (χ2v) is 9.66. The number of sulfone groups is 1. The predicted molar refractivity (Wildman–Crippen MR) is 126 cm³/mol. The monoisotopic (exact) mass is 475 g/mol. The molecule has 0 heterocycles. The summed E-state index contributed by atoms with van der Waals surface area (Å²) in [6.45, 7) is 4.16. The number of hydrogen-bond acceptors (Lipinski definition) is 7. The first kappa shape index (κ1) is 26.3. The van der Waals surface area contributed by atoms with Crippen LogP contribution in [0.3, 0.4) is 0 Å². The molecular weight excluding hydrogens is 442 g/mol. The quantitative estimate of drug-likeness (QED) is 0.167. The normalized spacial score (nSPS) is 12.5. The molecule has 180 valence electrons. The molecule has 0 aliphatic rings. The summed E-state index contributed by atoms with van der Waals surface area (Å²) in [5, 5.41) is 9.44. The maximum Gasteiger partial charge on any atom is 0.347 e. The van der Waals surface area contributed by atoms with E-state index in [9.17, 15) is 13.2 Å². The standard InChI is InChI=1S/C24H33N3O5S/c1-5-7-8-9-10-23(24(28)31-6-2)32-20-13-17-22(18-14-20)33(29,30)21-15-11-19(12-16-21)25-26-27(3)4/h11-18,23H,5-10H2,1-4H3. The summed E-state index contributed by atoms with van der Waals surface area (Å²) in [4.78, 5) is 12.6. The molecule has 0 bridgehead atoms. The maximum atomic E-state index is 13.0. The lowest BCUT2D eigenvalue weighted by atomic mass is 10.1. The molecule has 9 heteroatoms. The van der Waals surface area contributed by atoms with E-state index < -0.39 is 21.9 Å². The summed E-state index contributed by atoms with van der Waals surface area (Å²) in [5.74, 6) is 0.0131. The Bertz CT molecular complexity index is 1000. The maximum absolute atomic E-state index is 13.0. The van der Waals surface area contributed by atoms with Crippen LogP contribution in [0.4, 0.5) is 5.69 Å². The highest BCUT2D eigenvalue weighted by molar-refractivity contribution is 7.91. The van der Waals surface area contributed by atoms with Gasteiger partial charge in [-0.05, 0) is 68.3 Å². The highest BCUT2D eigenvalue weighted by Gasteiger charge is 2.22. The van der Waals surface area contributed by atoms with Crippen molar-refractivity contribution in [2.24, 2.45) is 10.3 Å². The Morgan fingerprint density at radius 1 is 0.939 bits per heavy atom. The number of esters is 1. The summed E-state index contributed by atoms with van der Waals surface area (Å²) in [6.07, 6.45) is 3.91. The Balaban J connectivity index is 2.12. The second kappa shape index (κ2) is 12.9. The van der Waals surface area contributed by atoms with E-state index in [1.54, 1.807) is 50.3 Å². The van der Waals surface area contributed by atoms with Crippen LogP contribution >= 0.6 is 0 Å². The van der Waals surface area contributed by atoms with Gasteiger partial charge in [-0.15, -0.1) is 5.11 Å². The zero-order valence-electron chi connectivity index (χ0n) is 19.7. The third-order valence-corrected chi connectivity index (χ3v) is 6.55. The van der Waals surface area contributed by atoms with Crippen molar-refractivity contribution >= 4 is 21.5 Å². The van der Waals surface area contributed by atoms with Crippen LogP contribution in [0.15, 0.2) is 68.7 Å². The molecule has 0 saturated heterocycles. The van der Waals surface area contributed by atoms with Crippen LogP contribution in [-0.4, -0.2) is 46.2 Å². The van der Waals surface area contributed by atoms with Crippen molar-refractivity contribution in [1.29, 1.82) is 0 Å². The van der Waals surface area contributed by atoms with Gasteiger partial charge in [0, 0.05) is 14.1 Å². The number of hydrogen-bond donors (Lipinski definition) is 0. The van der Waals surface area contributed by atoms with E-state index in [2.05, 4.69) is 17.3 Å². The molecule has 0 spiro atoms. The van der Waals surface area contributed by atoms with E-state index in [0.717, 1.165) is 25.7 Å². The van der Waals surface area contributed by atoms with Crippen molar-refractivity contribution in [3.8, 4) is 5.75 Å². The van der Waals surface area contributed by atoms with Crippen molar-refractivity contribution in [2.75, 3.05) is 20.7 Å². The van der Waals surface area contributed by atoms with E-state index in [1.165, 1.54) is 24.3 Å². The first-order valence-electron chi connectivity index (χ1n) is 11.2. The molecule has 0 aliphatic heterocycles. The lowest BCUT2D eigenvalue weighted by molar-refractivity contribution is -0.151. The number of nitrogens with zero attached hydrogens (tertiary/aromatic N) is 3. The van der Waals surface area contributed by atoms with Crippen molar-refractivity contribution in [3.05, 3.63) is 48.5 Å². The van der Waals surface area contributed by atoms with Gasteiger partial charge in [-0.25, -0.2) is 13.2 Å². The van der Waals surface area contributed by atoms with Crippen LogP contribution in [0.25, 0.3) is 0 Å². The number of rotatable bonds is 13. The summed E-state index contributed by atoms with van der Waals surface area (Å²) in [6, 6.07) is 12.3. The number of ether oxygens (including phenoxy) is 2. The van der Waals surface area contributed by atoms with Crippen LogP contribution in [0.1, 0.15) is 46.0 Å². The second-order valence-electron chi connectivity index (χ2n) is 7.71. The number of carbonyl (C=O) groups is 1. The Kier molecular flexibility index (Phi) is 10.3. The van der Waals surface area contributed by atoms with Gasteiger partial charge in [0.05, 0.1) is 22.1 Å². The fraction of sp³-hybridized carbons (Fsp3) is 0.458. The van der Waals surface area contributed by atoms with Gasteiger partial charge in [-0.1, -0.05) is 31.4 Å². The van der Waals surface area contributed by atoms with Gasteiger partial charge in [-0.2, -0.15) is 0 Å². The summed E-state index contributed by atoms with van der Waals surface area (Å²) < 4.78 is 36.9. The summed E-state index contributed by atoms with van der Waals surface area (Å²) >= 11 is 0.